The predicted octanol–water partition coefficient (Wildman–Crippen LogP) is 4.92. The van der Waals surface area contributed by atoms with Crippen molar-refractivity contribution in [1.82, 2.24) is 10.6 Å². The van der Waals surface area contributed by atoms with Crippen LogP contribution in [0.1, 0.15) is 22.3 Å². The second-order valence-electron chi connectivity index (χ2n) is 7.00. The van der Waals surface area contributed by atoms with Gasteiger partial charge >= 0.3 is 12.0 Å². The SMILES string of the molecule is O=C(NCc1ccc2ccccc2c1)NC[C@H](CC(=O)c1c(Cl)cccc1Cl)C(=O)O. The lowest BCUT2D eigenvalue weighted by Crippen LogP contribution is -2.40. The fourth-order valence-corrected chi connectivity index (χ4v) is 3.75. The molecule has 0 heterocycles. The van der Waals surface area contributed by atoms with Gasteiger partial charge in [-0.15, -0.1) is 0 Å². The Morgan fingerprint density at radius 3 is 2.23 bits per heavy atom. The highest BCUT2D eigenvalue weighted by molar-refractivity contribution is 6.39. The maximum Gasteiger partial charge on any atom is 0.315 e. The Kier molecular flexibility index (Phi) is 7.50. The highest BCUT2D eigenvalue weighted by Crippen LogP contribution is 2.26. The number of carbonyl (C=O) groups excluding carboxylic acids is 2. The molecular formula is C23H20Cl2N2O4. The summed E-state index contributed by atoms with van der Waals surface area (Å²) >= 11 is 12.0. The minimum atomic E-state index is -1.20. The van der Waals surface area contributed by atoms with Gasteiger partial charge in [0.15, 0.2) is 5.78 Å². The number of aliphatic carboxylic acids is 1. The molecule has 0 aliphatic rings. The van der Waals surface area contributed by atoms with Crippen molar-refractivity contribution in [2.24, 2.45) is 5.92 Å². The third-order valence-corrected chi connectivity index (χ3v) is 5.43. The van der Waals surface area contributed by atoms with E-state index in [1.807, 2.05) is 42.5 Å². The van der Waals surface area contributed by atoms with E-state index < -0.39 is 23.7 Å². The Labute approximate surface area is 189 Å². The monoisotopic (exact) mass is 458 g/mol. The van der Waals surface area contributed by atoms with Crippen molar-refractivity contribution in [2.45, 2.75) is 13.0 Å². The lowest BCUT2D eigenvalue weighted by molar-refractivity contribution is -0.141. The molecule has 3 aromatic carbocycles. The maximum atomic E-state index is 12.5. The summed E-state index contributed by atoms with van der Waals surface area (Å²) in [5.41, 5.74) is 0.991. The van der Waals surface area contributed by atoms with Crippen LogP contribution >= 0.6 is 23.2 Å². The van der Waals surface area contributed by atoms with Crippen molar-refractivity contribution in [3.05, 3.63) is 81.8 Å². The van der Waals surface area contributed by atoms with Crippen LogP contribution in [0.3, 0.4) is 0 Å². The molecular weight excluding hydrogens is 439 g/mol. The van der Waals surface area contributed by atoms with Gasteiger partial charge in [0.1, 0.15) is 0 Å². The van der Waals surface area contributed by atoms with E-state index in [0.717, 1.165) is 16.3 Å². The van der Waals surface area contributed by atoms with Gasteiger partial charge in [0.2, 0.25) is 0 Å². The first-order chi connectivity index (χ1) is 14.8. The molecule has 6 nitrogen and oxygen atoms in total. The topological polar surface area (TPSA) is 95.5 Å². The van der Waals surface area contributed by atoms with E-state index in [-0.39, 0.29) is 35.1 Å². The summed E-state index contributed by atoms with van der Waals surface area (Å²) in [7, 11) is 0. The first-order valence-corrected chi connectivity index (χ1v) is 10.3. The number of ketones is 1. The van der Waals surface area contributed by atoms with Gasteiger partial charge in [-0.05, 0) is 34.5 Å². The minimum absolute atomic E-state index is 0.0813. The van der Waals surface area contributed by atoms with E-state index in [2.05, 4.69) is 10.6 Å². The number of carboxylic acids is 1. The molecule has 0 radical (unpaired) electrons. The van der Waals surface area contributed by atoms with Crippen LogP contribution in [0.2, 0.25) is 10.0 Å². The van der Waals surface area contributed by atoms with E-state index in [4.69, 9.17) is 23.2 Å². The highest BCUT2D eigenvalue weighted by atomic mass is 35.5. The number of hydrogen-bond donors (Lipinski definition) is 3. The molecule has 0 saturated heterocycles. The number of amides is 2. The molecule has 3 N–H and O–H groups in total. The summed E-state index contributed by atoms with van der Waals surface area (Å²) in [6.07, 6.45) is -0.344. The summed E-state index contributed by atoms with van der Waals surface area (Å²) in [6.45, 7) is 0.0647. The van der Waals surface area contributed by atoms with Crippen LogP contribution in [0, 0.1) is 5.92 Å². The first kappa shape index (κ1) is 22.6. The zero-order valence-corrected chi connectivity index (χ0v) is 17.9. The number of carboxylic acid groups (broad SMARTS) is 1. The van der Waals surface area contributed by atoms with Crippen molar-refractivity contribution < 1.29 is 19.5 Å². The van der Waals surface area contributed by atoms with E-state index in [1.54, 1.807) is 6.07 Å². The van der Waals surface area contributed by atoms with E-state index in [9.17, 15) is 19.5 Å². The van der Waals surface area contributed by atoms with Crippen molar-refractivity contribution in [3.8, 4) is 0 Å². The molecule has 0 fully saturated rings. The lowest BCUT2D eigenvalue weighted by atomic mass is 9.98. The van der Waals surface area contributed by atoms with Gasteiger partial charge in [0.05, 0.1) is 21.5 Å². The Morgan fingerprint density at radius 1 is 0.871 bits per heavy atom. The lowest BCUT2D eigenvalue weighted by Gasteiger charge is -2.14. The molecule has 31 heavy (non-hydrogen) atoms. The van der Waals surface area contributed by atoms with Gasteiger partial charge < -0.3 is 15.7 Å². The quantitative estimate of drug-likeness (QED) is 0.417. The fraction of sp³-hybridized carbons (Fsp3) is 0.174. The summed E-state index contributed by atoms with van der Waals surface area (Å²) in [4.78, 5) is 36.2. The second-order valence-corrected chi connectivity index (χ2v) is 7.82. The van der Waals surface area contributed by atoms with Crippen LogP contribution in [0.25, 0.3) is 10.8 Å². The number of urea groups is 1. The standard InChI is InChI=1S/C23H20Cl2N2O4/c24-18-6-3-7-19(25)21(18)20(28)11-17(22(29)30)13-27-23(31)26-12-14-8-9-15-4-1-2-5-16(15)10-14/h1-10,17H,11-13H2,(H,29,30)(H2,26,27,31)/t17-/m0/s1. The average Bonchev–Trinajstić information content (AvgIpc) is 2.74. The van der Waals surface area contributed by atoms with Gasteiger partial charge in [-0.2, -0.15) is 0 Å². The van der Waals surface area contributed by atoms with Crippen LogP contribution in [0.15, 0.2) is 60.7 Å². The average molecular weight is 459 g/mol. The zero-order chi connectivity index (χ0) is 22.4. The smallest absolute Gasteiger partial charge is 0.315 e. The molecule has 8 heteroatoms. The van der Waals surface area contributed by atoms with Crippen molar-refractivity contribution in [2.75, 3.05) is 6.54 Å². The largest absolute Gasteiger partial charge is 0.481 e. The van der Waals surface area contributed by atoms with E-state index in [1.165, 1.54) is 12.1 Å². The van der Waals surface area contributed by atoms with Gasteiger partial charge in [-0.1, -0.05) is 65.7 Å². The molecule has 0 aromatic heterocycles. The molecule has 0 saturated carbocycles. The number of Topliss-reactive ketones (excluding diaryl/α,β-unsaturated/α-hetero) is 1. The summed E-state index contributed by atoms with van der Waals surface area (Å²) in [5.74, 6) is -2.82. The summed E-state index contributed by atoms with van der Waals surface area (Å²) in [6, 6.07) is 17.8. The van der Waals surface area contributed by atoms with Crippen LogP contribution < -0.4 is 10.6 Å². The number of carbonyl (C=O) groups is 3. The molecule has 0 aliphatic heterocycles. The normalized spacial score (nSPS) is 11.7. The zero-order valence-electron chi connectivity index (χ0n) is 16.4. The Hall–Kier alpha value is -3.09. The third-order valence-electron chi connectivity index (χ3n) is 4.80. The highest BCUT2D eigenvalue weighted by Gasteiger charge is 2.25. The van der Waals surface area contributed by atoms with Crippen LogP contribution in [0.5, 0.6) is 0 Å². The van der Waals surface area contributed by atoms with Crippen LogP contribution in [0.4, 0.5) is 4.79 Å². The summed E-state index contributed by atoms with van der Waals surface area (Å²) in [5, 5.41) is 17.1. The van der Waals surface area contributed by atoms with E-state index >= 15 is 0 Å². The van der Waals surface area contributed by atoms with Crippen molar-refractivity contribution in [3.63, 3.8) is 0 Å². The first-order valence-electron chi connectivity index (χ1n) is 9.54. The molecule has 1 atom stereocenters. The van der Waals surface area contributed by atoms with Gasteiger partial charge in [-0.3, -0.25) is 9.59 Å². The fourth-order valence-electron chi connectivity index (χ4n) is 3.15. The van der Waals surface area contributed by atoms with Crippen LogP contribution in [-0.2, 0) is 11.3 Å². The predicted molar refractivity (Wildman–Crippen MR) is 121 cm³/mol. The van der Waals surface area contributed by atoms with Gasteiger partial charge in [0, 0.05) is 19.5 Å². The molecule has 160 valence electrons. The minimum Gasteiger partial charge on any atom is -0.481 e. The molecule has 0 aliphatic carbocycles. The Morgan fingerprint density at radius 2 is 1.55 bits per heavy atom. The number of halogens is 2. The number of fused-ring (bicyclic) bond motifs is 1. The number of rotatable bonds is 8. The molecule has 2 amide bonds. The summed E-state index contributed by atoms with van der Waals surface area (Å²) < 4.78 is 0. The number of hydrogen-bond acceptors (Lipinski definition) is 3. The Balaban J connectivity index is 1.55. The molecule has 0 unspecified atom stereocenters. The third kappa shape index (κ3) is 5.96. The maximum absolute atomic E-state index is 12.5. The molecule has 0 spiro atoms. The van der Waals surface area contributed by atoms with Crippen molar-refractivity contribution in [1.29, 1.82) is 0 Å². The Bertz CT molecular complexity index is 1110. The molecule has 3 aromatic rings. The van der Waals surface area contributed by atoms with Crippen molar-refractivity contribution >= 4 is 51.8 Å². The molecule has 0 bridgehead atoms. The number of benzene rings is 3. The second kappa shape index (κ2) is 10.3. The molecule has 3 rings (SSSR count). The van der Waals surface area contributed by atoms with Gasteiger partial charge in [0.25, 0.3) is 0 Å². The van der Waals surface area contributed by atoms with Crippen LogP contribution in [-0.4, -0.2) is 29.4 Å². The van der Waals surface area contributed by atoms with Gasteiger partial charge in [-0.25, -0.2) is 4.79 Å². The number of nitrogens with one attached hydrogen (secondary N) is 2. The van der Waals surface area contributed by atoms with E-state index in [0.29, 0.717) is 0 Å².